The highest BCUT2D eigenvalue weighted by Crippen LogP contribution is 2.26. The summed E-state index contributed by atoms with van der Waals surface area (Å²) in [6, 6.07) is 8.88. The molecule has 1 fully saturated rings. The molecule has 1 aliphatic rings. The number of piperazine rings is 1. The number of carbonyl (C=O) groups excluding carboxylic acids is 1. The molecule has 0 spiro atoms. The van der Waals surface area contributed by atoms with E-state index in [2.05, 4.69) is 9.80 Å². The first-order chi connectivity index (χ1) is 14.9. The Balaban J connectivity index is 0.00000363. The summed E-state index contributed by atoms with van der Waals surface area (Å²) >= 11 is 0. The molecule has 2 heterocycles. The molecule has 0 unspecified atom stereocenters. The van der Waals surface area contributed by atoms with Gasteiger partial charge in [0.15, 0.2) is 17.3 Å². The molecule has 1 saturated heterocycles. The van der Waals surface area contributed by atoms with Gasteiger partial charge in [-0.25, -0.2) is 4.79 Å². The highest BCUT2D eigenvalue weighted by molar-refractivity contribution is 5.85. The largest absolute Gasteiger partial charge is 0.490 e. The van der Waals surface area contributed by atoms with Crippen LogP contribution in [0.1, 0.15) is 13.3 Å². The smallest absolute Gasteiger partial charge is 0.332 e. The topological polar surface area (TPSA) is 86.0 Å². The Kier molecular flexibility index (Phi) is 9.34. The molecule has 0 radical (unpaired) electrons. The SMILES string of the molecule is CC(=O)COc1ccccc1OCCCN1CCN(c2cc(=O)n(C)c(=O)n2C)CC1.Cl. The van der Waals surface area contributed by atoms with Crippen LogP contribution >= 0.6 is 12.4 Å². The predicted octanol–water partition coefficient (Wildman–Crippen LogP) is 1.06. The van der Waals surface area contributed by atoms with Crippen molar-refractivity contribution in [1.29, 1.82) is 0 Å². The molecule has 1 aromatic carbocycles. The summed E-state index contributed by atoms with van der Waals surface area (Å²) in [6.07, 6.45) is 0.853. The first-order valence-electron chi connectivity index (χ1n) is 10.4. The number of ether oxygens (including phenoxy) is 2. The van der Waals surface area contributed by atoms with Crippen LogP contribution in [-0.4, -0.2) is 65.8 Å². The van der Waals surface area contributed by atoms with Crippen LogP contribution in [0.2, 0.25) is 0 Å². The lowest BCUT2D eigenvalue weighted by Gasteiger charge is -2.36. The van der Waals surface area contributed by atoms with Crippen molar-refractivity contribution in [2.24, 2.45) is 14.1 Å². The van der Waals surface area contributed by atoms with Gasteiger partial charge in [0.25, 0.3) is 5.56 Å². The minimum Gasteiger partial charge on any atom is -0.490 e. The van der Waals surface area contributed by atoms with Crippen molar-refractivity contribution in [2.75, 3.05) is 50.8 Å². The molecule has 0 bridgehead atoms. The van der Waals surface area contributed by atoms with Crippen molar-refractivity contribution in [3.05, 3.63) is 51.2 Å². The first-order valence-corrected chi connectivity index (χ1v) is 10.4. The first kappa shape index (κ1) is 25.5. The van der Waals surface area contributed by atoms with E-state index in [1.807, 2.05) is 18.2 Å². The molecule has 1 aliphatic heterocycles. The van der Waals surface area contributed by atoms with E-state index in [9.17, 15) is 14.4 Å². The van der Waals surface area contributed by atoms with Crippen molar-refractivity contribution >= 4 is 24.0 Å². The number of ketones is 1. The van der Waals surface area contributed by atoms with Crippen LogP contribution in [-0.2, 0) is 18.9 Å². The summed E-state index contributed by atoms with van der Waals surface area (Å²) < 4.78 is 14.0. The quantitative estimate of drug-likeness (QED) is 0.511. The highest BCUT2D eigenvalue weighted by atomic mass is 35.5. The van der Waals surface area contributed by atoms with Crippen LogP contribution in [0.4, 0.5) is 5.82 Å². The predicted molar refractivity (Wildman–Crippen MR) is 126 cm³/mol. The third-order valence-electron chi connectivity index (χ3n) is 5.35. The lowest BCUT2D eigenvalue weighted by molar-refractivity contribution is -0.118. The number of halogens is 1. The molecular formula is C22H31ClN4O5. The molecule has 0 saturated carbocycles. The van der Waals surface area contributed by atoms with E-state index in [0.717, 1.165) is 43.7 Å². The van der Waals surface area contributed by atoms with Gasteiger partial charge >= 0.3 is 5.69 Å². The fourth-order valence-electron chi connectivity index (χ4n) is 3.56. The zero-order valence-corrected chi connectivity index (χ0v) is 19.6. The van der Waals surface area contributed by atoms with Gasteiger partial charge in [-0.2, -0.15) is 0 Å². The Morgan fingerprint density at radius 2 is 1.59 bits per heavy atom. The molecular weight excluding hydrogens is 436 g/mol. The molecule has 2 aromatic rings. The molecule has 32 heavy (non-hydrogen) atoms. The van der Waals surface area contributed by atoms with E-state index in [1.165, 1.54) is 24.6 Å². The van der Waals surface area contributed by atoms with Crippen LogP contribution < -0.4 is 25.6 Å². The summed E-state index contributed by atoms with van der Waals surface area (Å²) in [6.45, 7) is 6.16. The van der Waals surface area contributed by atoms with Gasteiger partial charge in [-0.3, -0.25) is 23.6 Å². The second-order valence-corrected chi connectivity index (χ2v) is 7.71. The Morgan fingerprint density at radius 3 is 2.22 bits per heavy atom. The standard InChI is InChI=1S/C22H30N4O5.ClH/c1-17(27)16-31-19-8-5-4-7-18(19)30-14-6-9-25-10-12-26(13-11-25)20-15-21(28)24(3)22(29)23(20)2;/h4-5,7-8,15H,6,9-14,16H2,1-3H3;1H. The normalized spacial score (nSPS) is 14.0. The average Bonchev–Trinajstić information content (AvgIpc) is 2.77. The average molecular weight is 467 g/mol. The van der Waals surface area contributed by atoms with Gasteiger partial charge < -0.3 is 14.4 Å². The second-order valence-electron chi connectivity index (χ2n) is 7.71. The molecule has 0 aliphatic carbocycles. The molecule has 3 rings (SSSR count). The van der Waals surface area contributed by atoms with E-state index in [-0.39, 0.29) is 36.0 Å². The van der Waals surface area contributed by atoms with E-state index >= 15 is 0 Å². The Morgan fingerprint density at radius 1 is 0.969 bits per heavy atom. The Labute approximate surface area is 193 Å². The van der Waals surface area contributed by atoms with Crippen molar-refractivity contribution < 1.29 is 14.3 Å². The van der Waals surface area contributed by atoms with E-state index in [4.69, 9.17) is 9.47 Å². The number of Topliss-reactive ketones (excluding diaryl/α,β-unsaturated/α-hetero) is 1. The van der Waals surface area contributed by atoms with E-state index in [1.54, 1.807) is 13.1 Å². The maximum absolute atomic E-state index is 12.2. The molecule has 10 heteroatoms. The van der Waals surface area contributed by atoms with Crippen LogP contribution in [0.15, 0.2) is 39.9 Å². The Bertz CT molecular complexity index is 1030. The molecule has 1 aromatic heterocycles. The fourth-order valence-corrected chi connectivity index (χ4v) is 3.56. The van der Waals surface area contributed by atoms with Crippen LogP contribution in [0, 0.1) is 0 Å². The maximum Gasteiger partial charge on any atom is 0.332 e. The van der Waals surface area contributed by atoms with Crippen LogP contribution in [0.5, 0.6) is 11.5 Å². The number of rotatable bonds is 9. The number of para-hydroxylation sites is 2. The van der Waals surface area contributed by atoms with E-state index < -0.39 is 0 Å². The number of benzene rings is 1. The summed E-state index contributed by atoms with van der Waals surface area (Å²) in [5.41, 5.74) is -0.597. The minimum absolute atomic E-state index is 0. The van der Waals surface area contributed by atoms with Gasteiger partial charge in [-0.05, 0) is 25.5 Å². The molecule has 0 amide bonds. The third kappa shape index (κ3) is 6.37. The van der Waals surface area contributed by atoms with Gasteiger partial charge in [0.2, 0.25) is 0 Å². The van der Waals surface area contributed by atoms with Gasteiger partial charge in [-0.1, -0.05) is 12.1 Å². The van der Waals surface area contributed by atoms with Crippen LogP contribution in [0.3, 0.4) is 0 Å². The van der Waals surface area contributed by atoms with Crippen molar-refractivity contribution in [2.45, 2.75) is 13.3 Å². The van der Waals surface area contributed by atoms with Crippen molar-refractivity contribution in [3.8, 4) is 11.5 Å². The summed E-state index contributed by atoms with van der Waals surface area (Å²) in [5.74, 6) is 1.84. The lowest BCUT2D eigenvalue weighted by atomic mass is 10.3. The zero-order valence-electron chi connectivity index (χ0n) is 18.8. The van der Waals surface area contributed by atoms with Gasteiger partial charge in [0.1, 0.15) is 12.4 Å². The third-order valence-corrected chi connectivity index (χ3v) is 5.35. The minimum atomic E-state index is -0.311. The molecule has 0 N–H and O–H groups in total. The summed E-state index contributed by atoms with van der Waals surface area (Å²) in [4.78, 5) is 39.7. The number of nitrogens with zero attached hydrogens (tertiary/aromatic N) is 4. The molecule has 0 atom stereocenters. The van der Waals surface area contributed by atoms with Gasteiger partial charge in [0, 0.05) is 52.9 Å². The number of hydrogen-bond acceptors (Lipinski definition) is 7. The number of hydrogen-bond donors (Lipinski definition) is 0. The maximum atomic E-state index is 12.2. The van der Waals surface area contributed by atoms with Crippen molar-refractivity contribution in [3.63, 3.8) is 0 Å². The highest BCUT2D eigenvalue weighted by Gasteiger charge is 2.20. The van der Waals surface area contributed by atoms with Gasteiger partial charge in [0.05, 0.1) is 6.61 Å². The monoisotopic (exact) mass is 466 g/mol. The fraction of sp³-hybridized carbons (Fsp3) is 0.500. The summed E-state index contributed by atoms with van der Waals surface area (Å²) in [7, 11) is 3.18. The summed E-state index contributed by atoms with van der Waals surface area (Å²) in [5, 5.41) is 0. The Hall–Kier alpha value is -2.78. The molecule has 176 valence electrons. The molecule has 9 nitrogen and oxygen atoms in total. The second kappa shape index (κ2) is 11.7. The number of anilines is 1. The van der Waals surface area contributed by atoms with Crippen LogP contribution in [0.25, 0.3) is 0 Å². The lowest BCUT2D eigenvalue weighted by Crippen LogP contribution is -2.49. The van der Waals surface area contributed by atoms with Crippen molar-refractivity contribution in [1.82, 2.24) is 14.0 Å². The number of carbonyl (C=O) groups is 1. The number of aromatic nitrogens is 2. The zero-order chi connectivity index (χ0) is 22.4. The van der Waals surface area contributed by atoms with E-state index in [0.29, 0.717) is 23.9 Å². The van der Waals surface area contributed by atoms with Gasteiger partial charge in [-0.15, -0.1) is 12.4 Å².